The second-order valence-corrected chi connectivity index (χ2v) is 8.03. The van der Waals surface area contributed by atoms with Crippen LogP contribution in [0, 0.1) is 13.8 Å². The molecule has 0 saturated carbocycles. The standard InChI is InChI=1S/C25H28N2O3/c1-4-15-30-20-11-9-19(10-12-20)22-23(26-13-5-6-14-26)25(29)27(24(22)28)21-16-17(2)7-8-18(21)3/h7-12,16H,4-6,13-15H2,1-3H3. The maximum absolute atomic E-state index is 13.6. The lowest BCUT2D eigenvalue weighted by Crippen LogP contribution is -2.35. The third kappa shape index (κ3) is 3.60. The maximum atomic E-state index is 13.6. The van der Waals surface area contributed by atoms with Gasteiger partial charge in [0.05, 0.1) is 17.9 Å². The predicted molar refractivity (Wildman–Crippen MR) is 118 cm³/mol. The first-order valence-electron chi connectivity index (χ1n) is 10.7. The van der Waals surface area contributed by atoms with Crippen molar-refractivity contribution in [3.8, 4) is 5.75 Å². The van der Waals surface area contributed by atoms with Crippen LogP contribution in [0.4, 0.5) is 5.69 Å². The zero-order chi connectivity index (χ0) is 21.3. The van der Waals surface area contributed by atoms with Gasteiger partial charge in [0.1, 0.15) is 11.4 Å². The van der Waals surface area contributed by atoms with Gasteiger partial charge in [0, 0.05) is 13.1 Å². The summed E-state index contributed by atoms with van der Waals surface area (Å²) in [4.78, 5) is 30.6. The molecule has 2 aliphatic rings. The van der Waals surface area contributed by atoms with Gasteiger partial charge in [0.2, 0.25) is 0 Å². The molecule has 0 atom stereocenters. The van der Waals surface area contributed by atoms with Crippen molar-refractivity contribution in [2.45, 2.75) is 40.0 Å². The van der Waals surface area contributed by atoms with E-state index in [9.17, 15) is 9.59 Å². The minimum absolute atomic E-state index is 0.225. The van der Waals surface area contributed by atoms with Crippen LogP contribution >= 0.6 is 0 Å². The van der Waals surface area contributed by atoms with Crippen LogP contribution in [0.3, 0.4) is 0 Å². The molecule has 30 heavy (non-hydrogen) atoms. The van der Waals surface area contributed by atoms with Gasteiger partial charge in [-0.15, -0.1) is 0 Å². The summed E-state index contributed by atoms with van der Waals surface area (Å²) >= 11 is 0. The Labute approximate surface area is 177 Å². The van der Waals surface area contributed by atoms with E-state index in [4.69, 9.17) is 4.74 Å². The SMILES string of the molecule is CCCOc1ccc(C2=C(N3CCCC3)C(=O)N(c3cc(C)ccc3C)C2=O)cc1. The predicted octanol–water partition coefficient (Wildman–Crippen LogP) is 4.47. The van der Waals surface area contributed by atoms with Crippen LogP contribution in [0.25, 0.3) is 5.57 Å². The van der Waals surface area contributed by atoms with E-state index >= 15 is 0 Å². The average molecular weight is 405 g/mol. The Morgan fingerprint density at radius 1 is 0.933 bits per heavy atom. The zero-order valence-electron chi connectivity index (χ0n) is 17.9. The van der Waals surface area contributed by atoms with Crippen molar-refractivity contribution >= 4 is 23.1 Å². The van der Waals surface area contributed by atoms with Gasteiger partial charge in [0.15, 0.2) is 0 Å². The van der Waals surface area contributed by atoms with Crippen molar-refractivity contribution in [2.24, 2.45) is 0 Å². The number of carbonyl (C=O) groups excluding carboxylic acids is 2. The Morgan fingerprint density at radius 2 is 1.63 bits per heavy atom. The summed E-state index contributed by atoms with van der Waals surface area (Å²) in [6, 6.07) is 13.4. The molecule has 2 aromatic carbocycles. The Hall–Kier alpha value is -3.08. The first-order valence-corrected chi connectivity index (χ1v) is 10.7. The molecule has 5 heteroatoms. The summed E-state index contributed by atoms with van der Waals surface area (Å²) in [5.41, 5.74) is 4.37. The molecule has 0 bridgehead atoms. The summed E-state index contributed by atoms with van der Waals surface area (Å²) < 4.78 is 5.68. The summed E-state index contributed by atoms with van der Waals surface area (Å²) in [6.07, 6.45) is 3.00. The summed E-state index contributed by atoms with van der Waals surface area (Å²) in [7, 11) is 0. The largest absolute Gasteiger partial charge is 0.494 e. The number of carbonyl (C=O) groups is 2. The molecule has 2 aromatic rings. The van der Waals surface area contributed by atoms with Crippen molar-refractivity contribution in [3.63, 3.8) is 0 Å². The molecule has 1 fully saturated rings. The van der Waals surface area contributed by atoms with E-state index in [1.165, 1.54) is 4.90 Å². The molecule has 156 valence electrons. The highest BCUT2D eigenvalue weighted by atomic mass is 16.5. The van der Waals surface area contributed by atoms with Crippen LogP contribution < -0.4 is 9.64 Å². The highest BCUT2D eigenvalue weighted by molar-refractivity contribution is 6.45. The van der Waals surface area contributed by atoms with Crippen LogP contribution in [-0.4, -0.2) is 36.4 Å². The number of hydrogen-bond donors (Lipinski definition) is 0. The fourth-order valence-corrected chi connectivity index (χ4v) is 4.13. The molecule has 0 spiro atoms. The van der Waals surface area contributed by atoms with E-state index in [0.29, 0.717) is 23.6 Å². The third-order valence-electron chi connectivity index (χ3n) is 5.70. The van der Waals surface area contributed by atoms with E-state index in [0.717, 1.165) is 54.8 Å². The highest BCUT2D eigenvalue weighted by Gasteiger charge is 2.43. The minimum atomic E-state index is -0.252. The number of ether oxygens (including phenoxy) is 1. The van der Waals surface area contributed by atoms with Gasteiger partial charge in [0.25, 0.3) is 11.8 Å². The van der Waals surface area contributed by atoms with Gasteiger partial charge in [-0.2, -0.15) is 0 Å². The second kappa shape index (κ2) is 8.34. The first kappa shape index (κ1) is 20.2. The van der Waals surface area contributed by atoms with Crippen molar-refractivity contribution < 1.29 is 14.3 Å². The van der Waals surface area contributed by atoms with Gasteiger partial charge in [-0.3, -0.25) is 9.59 Å². The lowest BCUT2D eigenvalue weighted by molar-refractivity contribution is -0.120. The Kier molecular flexibility index (Phi) is 5.62. The summed E-state index contributed by atoms with van der Waals surface area (Å²) in [5.74, 6) is 0.293. The molecule has 2 aliphatic heterocycles. The molecule has 5 nitrogen and oxygen atoms in total. The molecule has 0 radical (unpaired) electrons. The van der Waals surface area contributed by atoms with Gasteiger partial charge < -0.3 is 9.64 Å². The molecular weight excluding hydrogens is 376 g/mol. The lowest BCUT2D eigenvalue weighted by Gasteiger charge is -2.21. The number of rotatable bonds is 6. The number of likely N-dealkylation sites (tertiary alicyclic amines) is 1. The van der Waals surface area contributed by atoms with Crippen molar-refractivity contribution in [1.29, 1.82) is 0 Å². The van der Waals surface area contributed by atoms with Crippen LogP contribution in [-0.2, 0) is 9.59 Å². The van der Waals surface area contributed by atoms with Gasteiger partial charge in [-0.25, -0.2) is 4.90 Å². The Bertz CT molecular complexity index is 1000. The van der Waals surface area contributed by atoms with E-state index in [-0.39, 0.29) is 11.8 Å². The first-order chi connectivity index (χ1) is 14.5. The number of nitrogens with zero attached hydrogens (tertiary/aromatic N) is 2. The van der Waals surface area contributed by atoms with E-state index < -0.39 is 0 Å². The highest BCUT2D eigenvalue weighted by Crippen LogP contribution is 2.37. The molecule has 2 heterocycles. The third-order valence-corrected chi connectivity index (χ3v) is 5.70. The van der Waals surface area contributed by atoms with E-state index in [2.05, 4.69) is 11.8 Å². The van der Waals surface area contributed by atoms with Crippen molar-refractivity contribution in [2.75, 3.05) is 24.6 Å². The van der Waals surface area contributed by atoms with Crippen LogP contribution in [0.1, 0.15) is 42.9 Å². The number of benzene rings is 2. The van der Waals surface area contributed by atoms with Gasteiger partial charge >= 0.3 is 0 Å². The van der Waals surface area contributed by atoms with Gasteiger partial charge in [-0.1, -0.05) is 31.2 Å². The topological polar surface area (TPSA) is 49.9 Å². The second-order valence-electron chi connectivity index (χ2n) is 8.03. The normalized spacial score (nSPS) is 16.8. The molecule has 2 amide bonds. The fourth-order valence-electron chi connectivity index (χ4n) is 4.13. The average Bonchev–Trinajstić information content (AvgIpc) is 3.35. The van der Waals surface area contributed by atoms with Crippen LogP contribution in [0.2, 0.25) is 0 Å². The van der Waals surface area contributed by atoms with Crippen molar-refractivity contribution in [1.82, 2.24) is 4.90 Å². The number of amides is 2. The number of hydrogen-bond acceptors (Lipinski definition) is 4. The molecule has 1 saturated heterocycles. The molecule has 4 rings (SSSR count). The zero-order valence-corrected chi connectivity index (χ0v) is 17.9. The smallest absolute Gasteiger partial charge is 0.282 e. The maximum Gasteiger partial charge on any atom is 0.282 e. The number of anilines is 1. The Morgan fingerprint density at radius 3 is 2.30 bits per heavy atom. The Balaban J connectivity index is 1.77. The molecular formula is C25H28N2O3. The minimum Gasteiger partial charge on any atom is -0.494 e. The molecule has 0 unspecified atom stereocenters. The lowest BCUT2D eigenvalue weighted by atomic mass is 10.0. The van der Waals surface area contributed by atoms with Gasteiger partial charge in [-0.05, 0) is 68.0 Å². The number of imide groups is 1. The van der Waals surface area contributed by atoms with E-state index in [1.807, 2.05) is 56.3 Å². The van der Waals surface area contributed by atoms with Crippen molar-refractivity contribution in [3.05, 3.63) is 64.9 Å². The summed E-state index contributed by atoms with van der Waals surface area (Å²) in [6.45, 7) is 8.22. The number of aryl methyl sites for hydroxylation is 2. The molecule has 0 aromatic heterocycles. The molecule has 0 N–H and O–H groups in total. The quantitative estimate of drug-likeness (QED) is 0.667. The fraction of sp³-hybridized carbons (Fsp3) is 0.360. The van der Waals surface area contributed by atoms with Crippen LogP contribution in [0.15, 0.2) is 48.2 Å². The monoisotopic (exact) mass is 404 g/mol. The molecule has 0 aliphatic carbocycles. The summed E-state index contributed by atoms with van der Waals surface area (Å²) in [5, 5.41) is 0. The van der Waals surface area contributed by atoms with Crippen LogP contribution in [0.5, 0.6) is 5.75 Å². The van der Waals surface area contributed by atoms with E-state index in [1.54, 1.807) is 0 Å².